The molecule has 0 bridgehead atoms. The van der Waals surface area contributed by atoms with Gasteiger partial charge in [-0.1, -0.05) is 12.1 Å². The number of carbonyl (C=O) groups is 1. The number of nitrogens with zero attached hydrogens (tertiary/aromatic N) is 2. The maximum Gasteiger partial charge on any atom is 0.236 e. The lowest BCUT2D eigenvalue weighted by Gasteiger charge is -2.23. The zero-order valence-electron chi connectivity index (χ0n) is 14.3. The number of fused-ring (bicyclic) bond motifs is 2. The van der Waals surface area contributed by atoms with Crippen LogP contribution < -0.4 is 15.1 Å². The molecule has 0 radical (unpaired) electrons. The number of rotatable bonds is 1. The van der Waals surface area contributed by atoms with Gasteiger partial charge in [0.15, 0.2) is 0 Å². The quantitative estimate of drug-likeness (QED) is 0.846. The molecule has 2 N–H and O–H groups in total. The fourth-order valence-electron chi connectivity index (χ4n) is 3.75. The van der Waals surface area contributed by atoms with Gasteiger partial charge in [-0.25, -0.2) is 0 Å². The number of carbonyl (C=O) groups excluding carboxylic acids is 1. The van der Waals surface area contributed by atoms with Crippen LogP contribution in [-0.4, -0.2) is 25.1 Å². The highest BCUT2D eigenvalue weighted by molar-refractivity contribution is 6.08. The van der Waals surface area contributed by atoms with Gasteiger partial charge in [0.2, 0.25) is 5.91 Å². The molecule has 5 heteroatoms. The third-order valence-corrected chi connectivity index (χ3v) is 5.26. The topological polar surface area (TPSA) is 55.8 Å². The lowest BCUT2D eigenvalue weighted by atomic mass is 9.86. The molecule has 0 aliphatic carbocycles. The summed E-state index contributed by atoms with van der Waals surface area (Å²) in [7, 11) is 3.87. The minimum absolute atomic E-state index is 0.00671. The minimum Gasteiger partial charge on any atom is -0.508 e. The molecular weight excluding hydrogens is 302 g/mol. The van der Waals surface area contributed by atoms with Crippen molar-refractivity contribution in [3.63, 3.8) is 0 Å². The van der Waals surface area contributed by atoms with Crippen LogP contribution in [0.3, 0.4) is 0 Å². The van der Waals surface area contributed by atoms with Crippen molar-refractivity contribution in [2.45, 2.75) is 25.4 Å². The number of benzene rings is 2. The zero-order chi connectivity index (χ0) is 17.2. The second-order valence-electron chi connectivity index (χ2n) is 7.12. The first-order valence-electron chi connectivity index (χ1n) is 8.05. The van der Waals surface area contributed by atoms with E-state index >= 15 is 0 Å². The van der Waals surface area contributed by atoms with Crippen molar-refractivity contribution in [3.05, 3.63) is 47.5 Å². The highest BCUT2D eigenvalue weighted by Crippen LogP contribution is 2.49. The van der Waals surface area contributed by atoms with E-state index in [1.165, 1.54) is 0 Å². The van der Waals surface area contributed by atoms with Crippen LogP contribution in [0.25, 0.3) is 0 Å². The molecule has 1 atom stereocenters. The Morgan fingerprint density at radius 2 is 1.75 bits per heavy atom. The van der Waals surface area contributed by atoms with Crippen molar-refractivity contribution in [1.82, 2.24) is 0 Å². The molecule has 2 aliphatic heterocycles. The maximum atomic E-state index is 12.5. The fraction of sp³-hybridized carbons (Fsp3) is 0.316. The van der Waals surface area contributed by atoms with Crippen LogP contribution >= 0.6 is 0 Å². The monoisotopic (exact) mass is 323 g/mol. The highest BCUT2D eigenvalue weighted by Gasteiger charge is 2.44. The first-order valence-corrected chi connectivity index (χ1v) is 8.05. The summed E-state index contributed by atoms with van der Waals surface area (Å²) in [6.45, 7) is 3.94. The molecule has 2 aliphatic rings. The summed E-state index contributed by atoms with van der Waals surface area (Å²) in [4.78, 5) is 16.4. The molecule has 0 spiro atoms. The van der Waals surface area contributed by atoms with Crippen LogP contribution in [0.4, 0.5) is 17.1 Å². The van der Waals surface area contributed by atoms with Gasteiger partial charge in [-0.2, -0.15) is 0 Å². The van der Waals surface area contributed by atoms with Gasteiger partial charge in [0.05, 0.1) is 16.8 Å². The number of amides is 1. The van der Waals surface area contributed by atoms with Crippen molar-refractivity contribution in [3.8, 4) is 5.75 Å². The average Bonchev–Trinajstić information content (AvgIpc) is 2.96. The molecule has 0 saturated carbocycles. The summed E-state index contributed by atoms with van der Waals surface area (Å²) in [5, 5.41) is 13.0. The Bertz CT molecular complexity index is 842. The smallest absolute Gasteiger partial charge is 0.236 e. The first kappa shape index (κ1) is 14.9. The molecule has 2 heterocycles. The van der Waals surface area contributed by atoms with E-state index < -0.39 is 5.41 Å². The number of aromatic hydroxyl groups is 1. The Labute approximate surface area is 141 Å². The Balaban J connectivity index is 1.77. The number of likely N-dealkylation sites (N-methyl/N-ethyl adjacent to an activating group) is 1. The van der Waals surface area contributed by atoms with E-state index in [2.05, 4.69) is 22.3 Å². The molecule has 5 nitrogen and oxygen atoms in total. The van der Waals surface area contributed by atoms with Gasteiger partial charge in [0.1, 0.15) is 11.9 Å². The van der Waals surface area contributed by atoms with Crippen LogP contribution in [0.2, 0.25) is 0 Å². The SMILES string of the molecule is CN1C(=O)C(C)(C)c2cc3c(cc21)N(C)C(c1ccc(O)cc1)N3. The van der Waals surface area contributed by atoms with Gasteiger partial charge >= 0.3 is 0 Å². The summed E-state index contributed by atoms with van der Waals surface area (Å²) >= 11 is 0. The molecule has 0 saturated heterocycles. The largest absolute Gasteiger partial charge is 0.508 e. The average molecular weight is 323 g/mol. The molecule has 0 aromatic heterocycles. The number of hydrogen-bond donors (Lipinski definition) is 2. The van der Waals surface area contributed by atoms with Gasteiger partial charge in [0, 0.05) is 19.8 Å². The number of phenols is 1. The summed E-state index contributed by atoms with van der Waals surface area (Å²) in [6.07, 6.45) is 0.00671. The van der Waals surface area contributed by atoms with Gasteiger partial charge in [-0.15, -0.1) is 0 Å². The zero-order valence-corrected chi connectivity index (χ0v) is 14.3. The number of nitrogens with one attached hydrogen (secondary N) is 1. The Kier molecular flexibility index (Phi) is 2.89. The Morgan fingerprint density at radius 1 is 1.08 bits per heavy atom. The van der Waals surface area contributed by atoms with E-state index in [-0.39, 0.29) is 17.8 Å². The number of phenolic OH excluding ortho intramolecular Hbond substituents is 1. The fourth-order valence-corrected chi connectivity index (χ4v) is 3.75. The summed E-state index contributed by atoms with van der Waals surface area (Å²) in [5.41, 5.74) is 4.71. The predicted octanol–water partition coefficient (Wildman–Crippen LogP) is 3.21. The highest BCUT2D eigenvalue weighted by atomic mass is 16.3. The normalized spacial score (nSPS) is 20.8. The van der Waals surface area contributed by atoms with Crippen molar-refractivity contribution < 1.29 is 9.90 Å². The van der Waals surface area contributed by atoms with E-state index in [4.69, 9.17) is 0 Å². The van der Waals surface area contributed by atoms with Crippen LogP contribution in [-0.2, 0) is 10.2 Å². The van der Waals surface area contributed by atoms with E-state index in [0.29, 0.717) is 0 Å². The van der Waals surface area contributed by atoms with Crippen LogP contribution in [0.5, 0.6) is 5.75 Å². The van der Waals surface area contributed by atoms with Crippen molar-refractivity contribution in [1.29, 1.82) is 0 Å². The third kappa shape index (κ3) is 1.84. The van der Waals surface area contributed by atoms with Crippen LogP contribution in [0.15, 0.2) is 36.4 Å². The second-order valence-corrected chi connectivity index (χ2v) is 7.12. The first-order chi connectivity index (χ1) is 11.3. The van der Waals surface area contributed by atoms with E-state index in [0.717, 1.165) is 28.2 Å². The van der Waals surface area contributed by atoms with Crippen molar-refractivity contribution in [2.24, 2.45) is 0 Å². The van der Waals surface area contributed by atoms with E-state index in [9.17, 15) is 9.90 Å². The standard InChI is InChI=1S/C19H21N3O2/c1-19(2)13-9-14-16(10-15(13)22(4)18(19)24)21(3)17(20-14)11-5-7-12(23)8-6-11/h5-10,17,20,23H,1-4H3. The molecule has 2 aromatic carbocycles. The summed E-state index contributed by atoms with van der Waals surface area (Å²) in [5.74, 6) is 0.386. The summed E-state index contributed by atoms with van der Waals surface area (Å²) in [6, 6.07) is 11.4. The van der Waals surface area contributed by atoms with Crippen LogP contribution in [0.1, 0.15) is 31.1 Å². The van der Waals surface area contributed by atoms with Gasteiger partial charge in [0.25, 0.3) is 0 Å². The van der Waals surface area contributed by atoms with Gasteiger partial charge < -0.3 is 20.2 Å². The third-order valence-electron chi connectivity index (χ3n) is 5.26. The predicted molar refractivity (Wildman–Crippen MR) is 95.8 cm³/mol. The molecular formula is C19H21N3O2. The molecule has 1 amide bonds. The molecule has 4 rings (SSSR count). The number of hydrogen-bond acceptors (Lipinski definition) is 4. The molecule has 2 aromatic rings. The Morgan fingerprint density at radius 3 is 2.42 bits per heavy atom. The lowest BCUT2D eigenvalue weighted by Crippen LogP contribution is -2.33. The molecule has 0 fully saturated rings. The second kappa shape index (κ2) is 4.66. The molecule has 1 unspecified atom stereocenters. The summed E-state index contributed by atoms with van der Waals surface area (Å²) < 4.78 is 0. The molecule has 24 heavy (non-hydrogen) atoms. The lowest BCUT2D eigenvalue weighted by molar-refractivity contribution is -0.121. The van der Waals surface area contributed by atoms with Crippen molar-refractivity contribution in [2.75, 3.05) is 29.2 Å². The van der Waals surface area contributed by atoms with Crippen molar-refractivity contribution >= 4 is 23.0 Å². The van der Waals surface area contributed by atoms with E-state index in [1.807, 2.05) is 40.1 Å². The number of anilines is 3. The Hall–Kier alpha value is -2.69. The van der Waals surface area contributed by atoms with Gasteiger partial charge in [-0.3, -0.25) is 4.79 Å². The minimum atomic E-state index is -0.504. The van der Waals surface area contributed by atoms with Crippen LogP contribution in [0, 0.1) is 0 Å². The molecule has 124 valence electrons. The maximum absolute atomic E-state index is 12.5. The van der Waals surface area contributed by atoms with E-state index in [1.54, 1.807) is 17.0 Å². The van der Waals surface area contributed by atoms with Gasteiger partial charge in [-0.05, 0) is 49.2 Å².